The Labute approximate surface area is 137 Å². The summed E-state index contributed by atoms with van der Waals surface area (Å²) in [6.45, 7) is 0. The van der Waals surface area contributed by atoms with E-state index in [1.165, 1.54) is 18.2 Å². The largest absolute Gasteiger partial charge is 0.294 e. The number of hydrogen-bond acceptors (Lipinski definition) is 4. The summed E-state index contributed by atoms with van der Waals surface area (Å²) in [5.41, 5.74) is 1.68. The Balaban J connectivity index is 1.75. The van der Waals surface area contributed by atoms with Crippen molar-refractivity contribution < 1.29 is 9.18 Å². The zero-order valence-corrected chi connectivity index (χ0v) is 12.7. The van der Waals surface area contributed by atoms with Crippen molar-refractivity contribution >= 4 is 17.4 Å². The van der Waals surface area contributed by atoms with Crippen LogP contribution in [0.2, 0.25) is 5.02 Å². The van der Waals surface area contributed by atoms with Gasteiger partial charge in [0.2, 0.25) is 0 Å². The predicted octanol–water partition coefficient (Wildman–Crippen LogP) is 3.76. The molecule has 114 valence electrons. The van der Waals surface area contributed by atoms with E-state index < -0.39 is 5.82 Å². The lowest BCUT2D eigenvalue weighted by Gasteiger charge is -2.03. The van der Waals surface area contributed by atoms with Crippen molar-refractivity contribution in [3.63, 3.8) is 0 Å². The molecule has 3 rings (SSSR count). The SMILES string of the molecule is O=C(Cc1cnc(-c2ccccn2)nc1)c1ccc(F)c(Cl)c1. The first kappa shape index (κ1) is 15.2. The maximum atomic E-state index is 13.1. The normalized spacial score (nSPS) is 10.5. The Morgan fingerprint density at radius 2 is 1.87 bits per heavy atom. The van der Waals surface area contributed by atoms with Crippen LogP contribution < -0.4 is 0 Å². The molecule has 0 unspecified atom stereocenters. The molecule has 0 saturated heterocycles. The highest BCUT2D eigenvalue weighted by Crippen LogP contribution is 2.18. The lowest BCUT2D eigenvalue weighted by atomic mass is 10.1. The first-order valence-electron chi connectivity index (χ1n) is 6.84. The van der Waals surface area contributed by atoms with Gasteiger partial charge in [-0.1, -0.05) is 17.7 Å². The van der Waals surface area contributed by atoms with Crippen LogP contribution in [0.15, 0.2) is 55.0 Å². The van der Waals surface area contributed by atoms with E-state index in [1.54, 1.807) is 24.7 Å². The van der Waals surface area contributed by atoms with E-state index in [4.69, 9.17) is 11.6 Å². The maximum Gasteiger partial charge on any atom is 0.178 e. The maximum absolute atomic E-state index is 13.1. The van der Waals surface area contributed by atoms with Crippen LogP contribution in [0.3, 0.4) is 0 Å². The molecule has 6 heteroatoms. The first-order valence-corrected chi connectivity index (χ1v) is 7.22. The molecule has 0 N–H and O–H groups in total. The molecule has 1 aromatic carbocycles. The molecular formula is C17H11ClFN3O. The molecule has 2 heterocycles. The number of benzene rings is 1. The van der Waals surface area contributed by atoms with Crippen LogP contribution in [0, 0.1) is 5.82 Å². The third-order valence-corrected chi connectivity index (χ3v) is 3.50. The van der Waals surface area contributed by atoms with Crippen LogP contribution in [-0.2, 0) is 6.42 Å². The zero-order chi connectivity index (χ0) is 16.2. The summed E-state index contributed by atoms with van der Waals surface area (Å²) in [4.78, 5) is 24.8. The van der Waals surface area contributed by atoms with Crippen LogP contribution in [0.5, 0.6) is 0 Å². The van der Waals surface area contributed by atoms with Crippen molar-refractivity contribution in [1.29, 1.82) is 0 Å². The molecule has 0 amide bonds. The number of pyridine rings is 1. The van der Waals surface area contributed by atoms with Crippen molar-refractivity contribution in [3.05, 3.63) is 77.0 Å². The molecule has 0 saturated carbocycles. The Morgan fingerprint density at radius 3 is 2.52 bits per heavy atom. The third kappa shape index (κ3) is 3.57. The molecule has 0 aliphatic rings. The van der Waals surface area contributed by atoms with Gasteiger partial charge in [-0.15, -0.1) is 0 Å². The van der Waals surface area contributed by atoms with Crippen molar-refractivity contribution in [1.82, 2.24) is 15.0 Å². The summed E-state index contributed by atoms with van der Waals surface area (Å²) in [6, 6.07) is 9.37. The van der Waals surface area contributed by atoms with Gasteiger partial charge in [0.25, 0.3) is 0 Å². The predicted molar refractivity (Wildman–Crippen MR) is 84.7 cm³/mol. The molecule has 2 aromatic heterocycles. The Kier molecular flexibility index (Phi) is 4.39. The van der Waals surface area contributed by atoms with Gasteiger partial charge in [-0.3, -0.25) is 9.78 Å². The number of ketones is 1. The number of hydrogen-bond donors (Lipinski definition) is 0. The van der Waals surface area contributed by atoms with Gasteiger partial charge in [0.05, 0.1) is 5.02 Å². The number of nitrogens with zero attached hydrogens (tertiary/aromatic N) is 3. The fourth-order valence-electron chi connectivity index (χ4n) is 2.03. The summed E-state index contributed by atoms with van der Waals surface area (Å²) in [6.07, 6.45) is 4.94. The van der Waals surface area contributed by atoms with E-state index in [9.17, 15) is 9.18 Å². The molecule has 0 spiro atoms. The lowest BCUT2D eigenvalue weighted by Crippen LogP contribution is -2.05. The van der Waals surface area contributed by atoms with E-state index in [0.29, 0.717) is 22.6 Å². The smallest absolute Gasteiger partial charge is 0.178 e. The van der Waals surface area contributed by atoms with E-state index in [0.717, 1.165) is 0 Å². The highest BCUT2D eigenvalue weighted by Gasteiger charge is 2.11. The van der Waals surface area contributed by atoms with Crippen LogP contribution in [0.4, 0.5) is 4.39 Å². The molecule has 0 aliphatic heterocycles. The second kappa shape index (κ2) is 6.62. The van der Waals surface area contributed by atoms with Gasteiger partial charge >= 0.3 is 0 Å². The van der Waals surface area contributed by atoms with Crippen LogP contribution in [-0.4, -0.2) is 20.7 Å². The fourth-order valence-corrected chi connectivity index (χ4v) is 2.21. The third-order valence-electron chi connectivity index (χ3n) is 3.21. The van der Waals surface area contributed by atoms with Gasteiger partial charge in [-0.05, 0) is 35.9 Å². The average Bonchev–Trinajstić information content (AvgIpc) is 2.59. The quantitative estimate of drug-likeness (QED) is 0.685. The van der Waals surface area contributed by atoms with Crippen LogP contribution in [0.1, 0.15) is 15.9 Å². The minimum absolute atomic E-state index is 0.0717. The molecule has 0 bridgehead atoms. The molecular weight excluding hydrogens is 317 g/mol. The monoisotopic (exact) mass is 327 g/mol. The van der Waals surface area contributed by atoms with E-state index in [-0.39, 0.29) is 17.2 Å². The minimum Gasteiger partial charge on any atom is -0.294 e. The molecule has 3 aromatic rings. The zero-order valence-electron chi connectivity index (χ0n) is 11.9. The van der Waals surface area contributed by atoms with Crippen molar-refractivity contribution in [2.45, 2.75) is 6.42 Å². The molecule has 0 atom stereocenters. The van der Waals surface area contributed by atoms with Crippen molar-refractivity contribution in [3.8, 4) is 11.5 Å². The summed E-state index contributed by atoms with van der Waals surface area (Å²) in [5, 5.41) is -0.0717. The summed E-state index contributed by atoms with van der Waals surface area (Å²) < 4.78 is 13.1. The number of halogens is 2. The fraction of sp³-hybridized carbons (Fsp3) is 0.0588. The van der Waals surface area contributed by atoms with E-state index in [1.807, 2.05) is 12.1 Å². The van der Waals surface area contributed by atoms with Crippen LogP contribution >= 0.6 is 11.6 Å². The Bertz CT molecular complexity index is 838. The standard InChI is InChI=1S/C17H11ClFN3O/c18-13-8-12(4-5-14(13)19)16(23)7-11-9-21-17(22-10-11)15-3-1-2-6-20-15/h1-6,8-10H,7H2. The first-order chi connectivity index (χ1) is 11.1. The highest BCUT2D eigenvalue weighted by atomic mass is 35.5. The topological polar surface area (TPSA) is 55.7 Å². The molecule has 23 heavy (non-hydrogen) atoms. The molecule has 0 aliphatic carbocycles. The van der Waals surface area contributed by atoms with Gasteiger partial charge < -0.3 is 0 Å². The van der Waals surface area contributed by atoms with Gasteiger partial charge in [0, 0.05) is 30.6 Å². The second-order valence-electron chi connectivity index (χ2n) is 4.86. The van der Waals surface area contributed by atoms with E-state index in [2.05, 4.69) is 15.0 Å². The summed E-state index contributed by atoms with van der Waals surface area (Å²) in [7, 11) is 0. The second-order valence-corrected chi connectivity index (χ2v) is 5.27. The number of carbonyl (C=O) groups excluding carboxylic acids is 1. The van der Waals surface area contributed by atoms with Gasteiger partial charge in [-0.2, -0.15) is 0 Å². The molecule has 0 fully saturated rings. The Morgan fingerprint density at radius 1 is 1.09 bits per heavy atom. The molecule has 0 radical (unpaired) electrons. The van der Waals surface area contributed by atoms with Crippen LogP contribution in [0.25, 0.3) is 11.5 Å². The summed E-state index contributed by atoms with van der Waals surface area (Å²) in [5.74, 6) is -0.237. The van der Waals surface area contributed by atoms with Gasteiger partial charge in [0.1, 0.15) is 11.5 Å². The van der Waals surface area contributed by atoms with Crippen molar-refractivity contribution in [2.24, 2.45) is 0 Å². The molecule has 4 nitrogen and oxygen atoms in total. The highest BCUT2D eigenvalue weighted by molar-refractivity contribution is 6.31. The lowest BCUT2D eigenvalue weighted by molar-refractivity contribution is 0.0992. The number of carbonyl (C=O) groups is 1. The van der Waals surface area contributed by atoms with E-state index >= 15 is 0 Å². The summed E-state index contributed by atoms with van der Waals surface area (Å²) >= 11 is 5.69. The number of aromatic nitrogens is 3. The Hall–Kier alpha value is -2.66. The van der Waals surface area contributed by atoms with Crippen molar-refractivity contribution in [2.75, 3.05) is 0 Å². The van der Waals surface area contributed by atoms with Gasteiger partial charge in [-0.25, -0.2) is 14.4 Å². The average molecular weight is 328 g/mol. The minimum atomic E-state index is -0.550. The number of Topliss-reactive ketones (excluding diaryl/α,β-unsaturated/α-hetero) is 1. The number of rotatable bonds is 4. The van der Waals surface area contributed by atoms with Gasteiger partial charge in [0.15, 0.2) is 11.6 Å².